The molecular weight excluding hydrogens is 330 g/mol. The van der Waals surface area contributed by atoms with E-state index < -0.39 is 5.97 Å². The quantitative estimate of drug-likeness (QED) is 0.538. The molecule has 0 fully saturated rings. The van der Waals surface area contributed by atoms with E-state index in [0.717, 1.165) is 4.68 Å². The van der Waals surface area contributed by atoms with Crippen molar-refractivity contribution in [2.75, 3.05) is 0 Å². The van der Waals surface area contributed by atoms with Crippen LogP contribution < -0.4 is 5.56 Å². The predicted molar refractivity (Wildman–Crippen MR) is 90.4 cm³/mol. The molecular formula is C17H12ClN3O3. The van der Waals surface area contributed by atoms with Crippen molar-refractivity contribution < 1.29 is 9.53 Å². The standard InChI is InChI=1S/C17H12ClN3O3/c18-14-7-3-1-5-12(14)9-10-16(22)24-11-21-17(23)13-6-2-4-8-15(13)19-20-21/h1-10H,11H2. The van der Waals surface area contributed by atoms with Gasteiger partial charge in [0.2, 0.25) is 0 Å². The zero-order valence-electron chi connectivity index (χ0n) is 12.4. The monoisotopic (exact) mass is 341 g/mol. The van der Waals surface area contributed by atoms with Crippen LogP contribution in [0.2, 0.25) is 5.02 Å². The van der Waals surface area contributed by atoms with Crippen molar-refractivity contribution in [3.8, 4) is 0 Å². The third-order valence-electron chi connectivity index (χ3n) is 3.26. The number of benzene rings is 2. The molecule has 1 aromatic heterocycles. The summed E-state index contributed by atoms with van der Waals surface area (Å²) in [6, 6.07) is 13.9. The average Bonchev–Trinajstić information content (AvgIpc) is 2.61. The molecule has 3 aromatic rings. The van der Waals surface area contributed by atoms with Gasteiger partial charge in [-0.25, -0.2) is 4.79 Å². The Morgan fingerprint density at radius 1 is 1.17 bits per heavy atom. The van der Waals surface area contributed by atoms with Crippen LogP contribution in [0.15, 0.2) is 59.4 Å². The first-order valence-electron chi connectivity index (χ1n) is 7.07. The van der Waals surface area contributed by atoms with E-state index in [0.29, 0.717) is 21.5 Å². The van der Waals surface area contributed by atoms with Crippen LogP contribution in [0.1, 0.15) is 5.56 Å². The molecule has 0 spiro atoms. The zero-order valence-corrected chi connectivity index (χ0v) is 13.2. The Morgan fingerprint density at radius 2 is 1.92 bits per heavy atom. The van der Waals surface area contributed by atoms with E-state index in [2.05, 4.69) is 10.3 Å². The first-order chi connectivity index (χ1) is 11.6. The highest BCUT2D eigenvalue weighted by molar-refractivity contribution is 6.32. The van der Waals surface area contributed by atoms with E-state index in [1.165, 1.54) is 6.08 Å². The first-order valence-corrected chi connectivity index (χ1v) is 7.45. The van der Waals surface area contributed by atoms with Gasteiger partial charge >= 0.3 is 5.97 Å². The maximum atomic E-state index is 12.2. The van der Waals surface area contributed by atoms with Crippen LogP contribution >= 0.6 is 11.6 Å². The highest BCUT2D eigenvalue weighted by Crippen LogP contribution is 2.16. The molecule has 0 unspecified atom stereocenters. The number of halogens is 1. The highest BCUT2D eigenvalue weighted by Gasteiger charge is 2.06. The van der Waals surface area contributed by atoms with Gasteiger partial charge in [0.1, 0.15) is 5.52 Å². The minimum atomic E-state index is -0.614. The second-order valence-corrected chi connectivity index (χ2v) is 5.27. The van der Waals surface area contributed by atoms with Crippen molar-refractivity contribution in [1.82, 2.24) is 15.0 Å². The third-order valence-corrected chi connectivity index (χ3v) is 3.61. The summed E-state index contributed by atoms with van der Waals surface area (Å²) in [6.45, 7) is -0.317. The molecule has 0 aliphatic heterocycles. The Hall–Kier alpha value is -2.99. The van der Waals surface area contributed by atoms with E-state index in [9.17, 15) is 9.59 Å². The molecule has 0 saturated heterocycles. The van der Waals surface area contributed by atoms with Gasteiger partial charge in [0, 0.05) is 11.1 Å². The maximum absolute atomic E-state index is 12.2. The first kappa shape index (κ1) is 15.9. The fraction of sp³-hybridized carbons (Fsp3) is 0.0588. The number of carbonyl (C=O) groups is 1. The molecule has 7 heteroatoms. The number of carbonyl (C=O) groups excluding carboxylic acids is 1. The summed E-state index contributed by atoms with van der Waals surface area (Å²) in [7, 11) is 0. The van der Waals surface area contributed by atoms with E-state index >= 15 is 0 Å². The van der Waals surface area contributed by atoms with E-state index in [1.54, 1.807) is 54.6 Å². The summed E-state index contributed by atoms with van der Waals surface area (Å²) in [5.41, 5.74) is 0.811. The predicted octanol–water partition coefficient (Wildman–Crippen LogP) is 2.66. The van der Waals surface area contributed by atoms with Gasteiger partial charge in [-0.2, -0.15) is 4.68 Å². The topological polar surface area (TPSA) is 74.1 Å². The minimum Gasteiger partial charge on any atom is -0.439 e. The van der Waals surface area contributed by atoms with Crippen LogP contribution in [0.3, 0.4) is 0 Å². The molecule has 0 amide bonds. The minimum absolute atomic E-state index is 0.317. The van der Waals surface area contributed by atoms with Gasteiger partial charge in [-0.1, -0.05) is 47.1 Å². The molecule has 1 heterocycles. The molecule has 6 nitrogen and oxygen atoms in total. The normalized spacial score (nSPS) is 11.0. The van der Waals surface area contributed by atoms with Gasteiger partial charge in [0.15, 0.2) is 6.73 Å². The number of nitrogens with zero attached hydrogens (tertiary/aromatic N) is 3. The molecule has 3 rings (SSSR count). The van der Waals surface area contributed by atoms with E-state index in [-0.39, 0.29) is 12.3 Å². The number of hydrogen-bond donors (Lipinski definition) is 0. The van der Waals surface area contributed by atoms with Crippen LogP contribution in [0.5, 0.6) is 0 Å². The van der Waals surface area contributed by atoms with Gasteiger partial charge in [-0.05, 0) is 29.8 Å². The Kier molecular flexibility index (Phi) is 4.67. The molecule has 0 radical (unpaired) electrons. The number of fused-ring (bicyclic) bond motifs is 1. The Labute approximate surface area is 141 Å². The Balaban J connectivity index is 1.70. The zero-order chi connectivity index (χ0) is 16.9. The number of ether oxygens (including phenoxy) is 1. The molecule has 0 aliphatic carbocycles. The SMILES string of the molecule is O=C(C=Cc1ccccc1Cl)OCn1nnc2ccccc2c1=O. The average molecular weight is 342 g/mol. The summed E-state index contributed by atoms with van der Waals surface area (Å²) in [5.74, 6) is -0.614. The molecule has 0 N–H and O–H groups in total. The summed E-state index contributed by atoms with van der Waals surface area (Å²) in [6.07, 6.45) is 2.78. The van der Waals surface area contributed by atoms with Gasteiger partial charge in [0.25, 0.3) is 5.56 Å². The lowest BCUT2D eigenvalue weighted by Crippen LogP contribution is -2.26. The van der Waals surface area contributed by atoms with Crippen LogP contribution in [-0.4, -0.2) is 21.0 Å². The molecule has 0 bridgehead atoms. The van der Waals surface area contributed by atoms with Crippen molar-refractivity contribution in [3.63, 3.8) is 0 Å². The third kappa shape index (κ3) is 3.49. The second-order valence-electron chi connectivity index (χ2n) is 4.86. The second kappa shape index (κ2) is 7.06. The van der Waals surface area contributed by atoms with Crippen molar-refractivity contribution in [2.45, 2.75) is 6.73 Å². The fourth-order valence-corrected chi connectivity index (χ4v) is 2.25. The summed E-state index contributed by atoms with van der Waals surface area (Å²) in [4.78, 5) is 24.0. The van der Waals surface area contributed by atoms with Crippen LogP contribution in [0.25, 0.3) is 17.0 Å². The lowest BCUT2D eigenvalue weighted by atomic mass is 10.2. The number of aromatic nitrogens is 3. The van der Waals surface area contributed by atoms with Crippen LogP contribution in [0.4, 0.5) is 0 Å². The summed E-state index contributed by atoms with van der Waals surface area (Å²) < 4.78 is 6.00. The number of hydrogen-bond acceptors (Lipinski definition) is 5. The molecule has 0 aliphatic rings. The maximum Gasteiger partial charge on any atom is 0.332 e. The van der Waals surface area contributed by atoms with Crippen molar-refractivity contribution >= 4 is 34.5 Å². The van der Waals surface area contributed by atoms with E-state index in [1.807, 2.05) is 0 Å². The lowest BCUT2D eigenvalue weighted by molar-refractivity contribution is -0.141. The Bertz CT molecular complexity index is 982. The lowest BCUT2D eigenvalue weighted by Gasteiger charge is -2.04. The van der Waals surface area contributed by atoms with Crippen LogP contribution in [-0.2, 0) is 16.3 Å². The van der Waals surface area contributed by atoms with Crippen molar-refractivity contribution in [2.24, 2.45) is 0 Å². The van der Waals surface area contributed by atoms with Crippen LogP contribution in [0, 0.1) is 0 Å². The van der Waals surface area contributed by atoms with Gasteiger partial charge in [-0.15, -0.1) is 5.10 Å². The fourth-order valence-electron chi connectivity index (χ4n) is 2.05. The summed E-state index contributed by atoms with van der Waals surface area (Å²) in [5, 5.41) is 8.59. The molecule has 2 aromatic carbocycles. The Morgan fingerprint density at radius 3 is 2.75 bits per heavy atom. The molecule has 0 saturated carbocycles. The van der Waals surface area contributed by atoms with Gasteiger partial charge < -0.3 is 4.74 Å². The van der Waals surface area contributed by atoms with Crippen molar-refractivity contribution in [1.29, 1.82) is 0 Å². The number of rotatable bonds is 4. The highest BCUT2D eigenvalue weighted by atomic mass is 35.5. The largest absolute Gasteiger partial charge is 0.439 e. The molecule has 24 heavy (non-hydrogen) atoms. The van der Waals surface area contributed by atoms with Gasteiger partial charge in [-0.3, -0.25) is 4.79 Å². The van der Waals surface area contributed by atoms with E-state index in [4.69, 9.17) is 16.3 Å². The van der Waals surface area contributed by atoms with Gasteiger partial charge in [0.05, 0.1) is 5.39 Å². The number of esters is 1. The molecule has 0 atom stereocenters. The van der Waals surface area contributed by atoms with Crippen molar-refractivity contribution in [3.05, 3.63) is 75.5 Å². The molecule has 120 valence electrons. The summed E-state index contributed by atoms with van der Waals surface area (Å²) >= 11 is 5.99. The smallest absolute Gasteiger partial charge is 0.332 e.